The number of anilines is 2. The molecular weight excluding hydrogens is 546 g/mol. The lowest BCUT2D eigenvalue weighted by molar-refractivity contribution is 0.0827. The van der Waals surface area contributed by atoms with Gasteiger partial charge in [-0.2, -0.15) is 0 Å². The number of nitrogens with zero attached hydrogens (tertiary/aromatic N) is 5. The monoisotopic (exact) mass is 579 g/mol. The first-order valence-electron chi connectivity index (χ1n) is 13.3. The number of urea groups is 1. The molecule has 1 aliphatic carbocycles. The molecule has 0 unspecified atom stereocenters. The maximum Gasteiger partial charge on any atom is 0.318 e. The lowest BCUT2D eigenvalue weighted by Crippen LogP contribution is -2.44. The fourth-order valence-corrected chi connectivity index (χ4v) is 6.67. The van der Waals surface area contributed by atoms with E-state index < -0.39 is 14.6 Å². The molecule has 3 amide bonds. The molecule has 2 aromatic heterocycles. The molecule has 0 radical (unpaired) electrons. The van der Waals surface area contributed by atoms with E-state index in [1.54, 1.807) is 44.4 Å². The number of nitrogens with one attached hydrogen (secondary N) is 2. The van der Waals surface area contributed by atoms with E-state index in [1.807, 2.05) is 6.92 Å². The molecule has 1 saturated heterocycles. The summed E-state index contributed by atoms with van der Waals surface area (Å²) in [6.45, 7) is 3.70. The van der Waals surface area contributed by atoms with Crippen LogP contribution < -0.4 is 15.5 Å². The minimum atomic E-state index is -3.95. The van der Waals surface area contributed by atoms with Gasteiger partial charge in [0, 0.05) is 51.2 Å². The van der Waals surface area contributed by atoms with Crippen molar-refractivity contribution in [3.05, 3.63) is 59.9 Å². The Morgan fingerprint density at radius 3 is 2.41 bits per heavy atom. The molecule has 3 heterocycles. The van der Waals surface area contributed by atoms with E-state index in [9.17, 15) is 18.0 Å². The van der Waals surface area contributed by atoms with Crippen LogP contribution in [0.1, 0.15) is 35.8 Å². The predicted octanol–water partition coefficient (Wildman–Crippen LogP) is 2.68. The summed E-state index contributed by atoms with van der Waals surface area (Å²) in [6.07, 6.45) is 2.07. The van der Waals surface area contributed by atoms with Crippen molar-refractivity contribution in [1.82, 2.24) is 25.2 Å². The van der Waals surface area contributed by atoms with Crippen molar-refractivity contribution in [2.75, 3.05) is 51.1 Å². The number of carbonyl (C=O) groups is 2. The number of pyridine rings is 1. The molecule has 13 heteroatoms. The third kappa shape index (κ3) is 5.46. The number of ether oxygens (including phenoxy) is 1. The molecule has 1 aromatic carbocycles. The second-order valence-corrected chi connectivity index (χ2v) is 12.6. The van der Waals surface area contributed by atoms with E-state index in [0.29, 0.717) is 66.8 Å². The van der Waals surface area contributed by atoms with E-state index in [2.05, 4.69) is 20.5 Å². The first-order valence-corrected chi connectivity index (χ1v) is 14.8. The second-order valence-electron chi connectivity index (χ2n) is 10.4. The number of morpholine rings is 1. The smallest absolute Gasteiger partial charge is 0.318 e. The van der Waals surface area contributed by atoms with Crippen LogP contribution in [0.15, 0.2) is 53.7 Å². The highest BCUT2D eigenvalue weighted by Crippen LogP contribution is 2.55. The minimum absolute atomic E-state index is 0.0358. The van der Waals surface area contributed by atoms with E-state index in [1.165, 1.54) is 30.3 Å². The van der Waals surface area contributed by atoms with Crippen molar-refractivity contribution in [2.45, 2.75) is 35.6 Å². The number of sulfone groups is 1. The van der Waals surface area contributed by atoms with Gasteiger partial charge in [0.2, 0.25) is 9.84 Å². The molecule has 216 valence electrons. The van der Waals surface area contributed by atoms with Crippen molar-refractivity contribution >= 4 is 33.3 Å². The number of hydrogen-bond acceptors (Lipinski definition) is 9. The summed E-state index contributed by atoms with van der Waals surface area (Å²) in [6, 6.07) is 11.4. The fraction of sp³-hybridized carbons (Fsp3) is 0.393. The van der Waals surface area contributed by atoms with Gasteiger partial charge in [-0.3, -0.25) is 4.79 Å². The number of hydrogen-bond donors (Lipinski definition) is 2. The molecule has 12 nitrogen and oxygen atoms in total. The molecule has 1 atom stereocenters. The lowest BCUT2D eigenvalue weighted by atomic mass is 10.1. The Labute approximate surface area is 239 Å². The van der Waals surface area contributed by atoms with Gasteiger partial charge in [-0.25, -0.2) is 28.2 Å². The van der Waals surface area contributed by atoms with Crippen LogP contribution in [0.4, 0.5) is 16.3 Å². The van der Waals surface area contributed by atoms with Crippen LogP contribution >= 0.6 is 0 Å². The molecule has 0 bridgehead atoms. The van der Waals surface area contributed by atoms with Gasteiger partial charge < -0.3 is 25.2 Å². The third-order valence-electron chi connectivity index (χ3n) is 7.35. The van der Waals surface area contributed by atoms with E-state index in [4.69, 9.17) is 14.7 Å². The van der Waals surface area contributed by atoms with Gasteiger partial charge in [-0.1, -0.05) is 0 Å². The maximum absolute atomic E-state index is 14.0. The zero-order valence-corrected chi connectivity index (χ0v) is 24.2. The van der Waals surface area contributed by atoms with Gasteiger partial charge in [0.05, 0.1) is 30.5 Å². The van der Waals surface area contributed by atoms with Gasteiger partial charge in [-0.05, 0) is 56.2 Å². The molecule has 2 aliphatic rings. The molecule has 0 spiro atoms. The Hall–Kier alpha value is -4.10. The topological polar surface area (TPSA) is 147 Å². The van der Waals surface area contributed by atoms with Crippen molar-refractivity contribution < 1.29 is 22.7 Å². The first kappa shape index (κ1) is 28.4. The van der Waals surface area contributed by atoms with Crippen LogP contribution in [0.5, 0.6) is 0 Å². The Kier molecular flexibility index (Phi) is 7.66. The molecule has 1 aliphatic heterocycles. The van der Waals surface area contributed by atoms with Gasteiger partial charge in [0.1, 0.15) is 10.6 Å². The van der Waals surface area contributed by atoms with E-state index >= 15 is 0 Å². The first-order chi connectivity index (χ1) is 19.6. The summed E-state index contributed by atoms with van der Waals surface area (Å²) in [5, 5.41) is 5.12. The quantitative estimate of drug-likeness (QED) is 0.431. The fourth-order valence-electron chi connectivity index (χ4n) is 4.81. The highest BCUT2D eigenvalue weighted by atomic mass is 32.2. The molecule has 2 N–H and O–H groups in total. The van der Waals surface area contributed by atoms with Crippen molar-refractivity contribution in [3.63, 3.8) is 0 Å². The maximum atomic E-state index is 14.0. The minimum Gasteiger partial charge on any atom is -0.377 e. The summed E-state index contributed by atoms with van der Waals surface area (Å²) in [5.74, 6) is 0.739. The number of amides is 3. The van der Waals surface area contributed by atoms with Gasteiger partial charge in [0.15, 0.2) is 10.9 Å². The number of benzene rings is 1. The van der Waals surface area contributed by atoms with Crippen molar-refractivity contribution in [3.8, 4) is 11.4 Å². The van der Waals surface area contributed by atoms with Crippen LogP contribution in [0.25, 0.3) is 11.4 Å². The average molecular weight is 580 g/mol. The number of aromatic nitrogens is 3. The Morgan fingerprint density at radius 1 is 1.10 bits per heavy atom. The largest absolute Gasteiger partial charge is 0.377 e. The van der Waals surface area contributed by atoms with Crippen LogP contribution in [0.2, 0.25) is 0 Å². The second kappa shape index (κ2) is 11.1. The Balaban J connectivity index is 1.55. The predicted molar refractivity (Wildman–Crippen MR) is 154 cm³/mol. The summed E-state index contributed by atoms with van der Waals surface area (Å²) in [7, 11) is 0.829. The highest BCUT2D eigenvalue weighted by Gasteiger charge is 2.58. The summed E-state index contributed by atoms with van der Waals surface area (Å²) >= 11 is 0. The van der Waals surface area contributed by atoms with Gasteiger partial charge >= 0.3 is 6.03 Å². The molecule has 3 aromatic rings. The Morgan fingerprint density at radius 2 is 1.83 bits per heavy atom. The van der Waals surface area contributed by atoms with Crippen molar-refractivity contribution in [1.29, 1.82) is 0 Å². The van der Waals surface area contributed by atoms with E-state index in [-0.39, 0.29) is 23.0 Å². The molecule has 41 heavy (non-hydrogen) atoms. The van der Waals surface area contributed by atoms with Crippen LogP contribution in [0.3, 0.4) is 0 Å². The number of rotatable bonds is 7. The molecule has 2 fully saturated rings. The lowest BCUT2D eigenvalue weighted by Gasteiger charge is -2.34. The van der Waals surface area contributed by atoms with Crippen LogP contribution in [0, 0.1) is 0 Å². The SMILES string of the molecule is CNC(=O)Nc1ccc(-c2nc(N3CCOC[C@@H]3C)cc(C3(S(=O)(=O)c4ccc(C(=O)N(C)C)cn4)CC3)n2)cc1. The highest BCUT2D eigenvalue weighted by molar-refractivity contribution is 7.92. The van der Waals surface area contributed by atoms with Crippen molar-refractivity contribution in [2.24, 2.45) is 0 Å². The standard InChI is InChI=1S/C28H33N7O5S/c1-18-17-40-14-13-35(18)23-15-22(32-25(33-23)19-5-8-21(9-6-19)31-27(37)29-2)28(11-12-28)41(38,39)24-10-7-20(16-30-24)26(36)34(3)4/h5-10,15-16,18H,11-14,17H2,1-4H3,(H2,29,31,37)/t18-/m0/s1. The van der Waals surface area contributed by atoms with Gasteiger partial charge in [-0.15, -0.1) is 0 Å². The summed E-state index contributed by atoms with van der Waals surface area (Å²) in [5.41, 5.74) is 1.98. The molecule has 5 rings (SSSR count). The molecule has 1 saturated carbocycles. The summed E-state index contributed by atoms with van der Waals surface area (Å²) in [4.78, 5) is 41.3. The Bertz CT molecular complexity index is 1560. The average Bonchev–Trinajstić information content (AvgIpc) is 3.80. The summed E-state index contributed by atoms with van der Waals surface area (Å²) < 4.78 is 32.4. The van der Waals surface area contributed by atoms with E-state index in [0.717, 1.165) is 0 Å². The van der Waals surface area contributed by atoms with Gasteiger partial charge in [0.25, 0.3) is 5.91 Å². The normalized spacial score (nSPS) is 18.0. The zero-order chi connectivity index (χ0) is 29.4. The third-order valence-corrected chi connectivity index (χ3v) is 9.79. The molecular formula is C28H33N7O5S. The zero-order valence-electron chi connectivity index (χ0n) is 23.4. The number of carbonyl (C=O) groups excluding carboxylic acids is 2. The van der Waals surface area contributed by atoms with Crippen LogP contribution in [-0.4, -0.2) is 87.2 Å². The van der Waals surface area contributed by atoms with Crippen LogP contribution in [-0.2, 0) is 19.3 Å².